The number of hydrogen-bond acceptors (Lipinski definition) is 2. The van der Waals surface area contributed by atoms with Crippen molar-refractivity contribution in [1.82, 2.24) is 4.90 Å². The van der Waals surface area contributed by atoms with Gasteiger partial charge in [0.05, 0.1) is 11.6 Å². The molecule has 1 aromatic carbocycles. The van der Waals surface area contributed by atoms with Crippen LogP contribution in [0, 0.1) is 17.2 Å². The van der Waals surface area contributed by atoms with Crippen molar-refractivity contribution in [3.63, 3.8) is 0 Å². The van der Waals surface area contributed by atoms with Crippen molar-refractivity contribution in [3.05, 3.63) is 35.4 Å². The van der Waals surface area contributed by atoms with E-state index in [0.717, 1.165) is 18.0 Å². The quantitative estimate of drug-likeness (QED) is 0.747. The summed E-state index contributed by atoms with van der Waals surface area (Å²) in [6.07, 6.45) is 4.03. The van der Waals surface area contributed by atoms with Crippen LogP contribution in [0.3, 0.4) is 0 Å². The molecule has 1 aliphatic carbocycles. The maximum Gasteiger partial charge on any atom is 0.0991 e. The van der Waals surface area contributed by atoms with Gasteiger partial charge in [-0.2, -0.15) is 5.26 Å². The van der Waals surface area contributed by atoms with E-state index in [9.17, 15) is 0 Å². The summed E-state index contributed by atoms with van der Waals surface area (Å²) in [5, 5.41) is 8.76. The van der Waals surface area contributed by atoms with Gasteiger partial charge in [-0.3, -0.25) is 4.90 Å². The first-order chi connectivity index (χ1) is 8.31. The van der Waals surface area contributed by atoms with Crippen LogP contribution in [0.1, 0.15) is 37.3 Å². The summed E-state index contributed by atoms with van der Waals surface area (Å²) < 4.78 is 0. The molecule has 0 atom stereocenters. The normalized spacial score (nSPS) is 14.9. The number of nitriles is 1. The zero-order chi connectivity index (χ0) is 12.1. The molecule has 2 rings (SSSR count). The smallest absolute Gasteiger partial charge is 0.0991 e. The van der Waals surface area contributed by atoms with E-state index in [0.29, 0.717) is 0 Å². The highest BCUT2D eigenvalue weighted by Gasteiger charge is 2.23. The maximum atomic E-state index is 8.76. The first kappa shape index (κ1) is 12.1. The molecule has 0 bridgehead atoms. The van der Waals surface area contributed by atoms with Crippen molar-refractivity contribution in [2.45, 2.75) is 32.7 Å². The summed E-state index contributed by atoms with van der Waals surface area (Å²) in [6.45, 7) is 5.68. The summed E-state index contributed by atoms with van der Waals surface area (Å²) in [7, 11) is 0. The van der Waals surface area contributed by atoms with E-state index in [4.69, 9.17) is 5.26 Å². The van der Waals surface area contributed by atoms with Gasteiger partial charge < -0.3 is 0 Å². The van der Waals surface area contributed by atoms with E-state index in [2.05, 4.69) is 30.0 Å². The first-order valence-electron chi connectivity index (χ1n) is 6.53. The second-order valence-corrected chi connectivity index (χ2v) is 4.99. The molecular formula is C15H20N2. The van der Waals surface area contributed by atoms with Crippen LogP contribution in [-0.4, -0.2) is 18.0 Å². The van der Waals surface area contributed by atoms with E-state index in [1.54, 1.807) is 0 Å². The monoisotopic (exact) mass is 228 g/mol. The Morgan fingerprint density at radius 2 is 2.00 bits per heavy atom. The first-order valence-corrected chi connectivity index (χ1v) is 6.53. The topological polar surface area (TPSA) is 27.0 Å². The Morgan fingerprint density at radius 3 is 2.53 bits per heavy atom. The summed E-state index contributed by atoms with van der Waals surface area (Å²) >= 11 is 0. The van der Waals surface area contributed by atoms with E-state index in [1.165, 1.54) is 37.9 Å². The SMILES string of the molecule is CCCN(Cc1ccc(C#N)cc1)CC1CC1. The number of benzene rings is 1. The predicted molar refractivity (Wildman–Crippen MR) is 69.4 cm³/mol. The van der Waals surface area contributed by atoms with Crippen molar-refractivity contribution < 1.29 is 0 Å². The minimum atomic E-state index is 0.748. The van der Waals surface area contributed by atoms with Crippen LogP contribution in [0.15, 0.2) is 24.3 Å². The maximum absolute atomic E-state index is 8.76. The van der Waals surface area contributed by atoms with Crippen LogP contribution in [0.5, 0.6) is 0 Å². The molecule has 0 saturated heterocycles. The molecule has 1 fully saturated rings. The van der Waals surface area contributed by atoms with Crippen molar-refractivity contribution in [2.75, 3.05) is 13.1 Å². The van der Waals surface area contributed by atoms with Crippen molar-refractivity contribution in [3.8, 4) is 6.07 Å². The van der Waals surface area contributed by atoms with Gasteiger partial charge in [0, 0.05) is 13.1 Å². The van der Waals surface area contributed by atoms with Crippen LogP contribution in [-0.2, 0) is 6.54 Å². The molecule has 0 unspecified atom stereocenters. The number of hydrogen-bond donors (Lipinski definition) is 0. The lowest BCUT2D eigenvalue weighted by Gasteiger charge is -2.21. The van der Waals surface area contributed by atoms with E-state index in [1.807, 2.05) is 12.1 Å². The molecule has 1 aromatic rings. The van der Waals surface area contributed by atoms with Gasteiger partial charge >= 0.3 is 0 Å². The van der Waals surface area contributed by atoms with Gasteiger partial charge in [0.1, 0.15) is 0 Å². The Balaban J connectivity index is 1.92. The van der Waals surface area contributed by atoms with Crippen LogP contribution in [0.2, 0.25) is 0 Å². The van der Waals surface area contributed by atoms with E-state index >= 15 is 0 Å². The van der Waals surface area contributed by atoms with Crippen molar-refractivity contribution in [1.29, 1.82) is 5.26 Å². The second kappa shape index (κ2) is 5.84. The third-order valence-electron chi connectivity index (χ3n) is 3.24. The van der Waals surface area contributed by atoms with Crippen LogP contribution in [0.4, 0.5) is 0 Å². The van der Waals surface area contributed by atoms with Crippen LogP contribution >= 0.6 is 0 Å². The van der Waals surface area contributed by atoms with Gasteiger partial charge in [-0.05, 0) is 49.4 Å². The average Bonchev–Trinajstić information content (AvgIpc) is 3.14. The zero-order valence-electron chi connectivity index (χ0n) is 10.5. The van der Waals surface area contributed by atoms with Crippen molar-refractivity contribution in [2.24, 2.45) is 5.92 Å². The third-order valence-corrected chi connectivity index (χ3v) is 3.24. The molecule has 1 saturated carbocycles. The number of nitrogens with zero attached hydrogens (tertiary/aromatic N) is 2. The molecule has 0 radical (unpaired) electrons. The fraction of sp³-hybridized carbons (Fsp3) is 0.533. The fourth-order valence-corrected chi connectivity index (χ4v) is 2.16. The van der Waals surface area contributed by atoms with Gasteiger partial charge in [-0.1, -0.05) is 19.1 Å². The number of rotatable bonds is 6. The minimum Gasteiger partial charge on any atom is -0.299 e. The standard InChI is InChI=1S/C15H20N2/c1-2-9-17(12-15-7-8-15)11-14-5-3-13(10-16)4-6-14/h3-6,15H,2,7-9,11-12H2,1H3. The third kappa shape index (κ3) is 3.87. The minimum absolute atomic E-state index is 0.748. The molecule has 2 heteroatoms. The summed E-state index contributed by atoms with van der Waals surface area (Å²) in [5.41, 5.74) is 2.07. The van der Waals surface area contributed by atoms with Crippen molar-refractivity contribution >= 4 is 0 Å². The lowest BCUT2D eigenvalue weighted by molar-refractivity contribution is 0.255. The molecule has 1 aliphatic rings. The molecule has 90 valence electrons. The predicted octanol–water partition coefficient (Wildman–Crippen LogP) is 3.18. The Labute approximate surface area is 104 Å². The fourth-order valence-electron chi connectivity index (χ4n) is 2.16. The molecule has 0 N–H and O–H groups in total. The summed E-state index contributed by atoms with van der Waals surface area (Å²) in [4.78, 5) is 2.54. The lowest BCUT2D eigenvalue weighted by atomic mass is 10.1. The van der Waals surface area contributed by atoms with Gasteiger partial charge in [-0.15, -0.1) is 0 Å². The van der Waals surface area contributed by atoms with E-state index < -0.39 is 0 Å². The molecule has 0 aliphatic heterocycles. The molecule has 0 aromatic heterocycles. The van der Waals surface area contributed by atoms with E-state index in [-0.39, 0.29) is 0 Å². The van der Waals surface area contributed by atoms with Crippen LogP contribution < -0.4 is 0 Å². The molecular weight excluding hydrogens is 208 g/mol. The second-order valence-electron chi connectivity index (χ2n) is 4.99. The molecule has 0 heterocycles. The van der Waals surface area contributed by atoms with Gasteiger partial charge in [0.25, 0.3) is 0 Å². The largest absolute Gasteiger partial charge is 0.299 e. The Morgan fingerprint density at radius 1 is 1.29 bits per heavy atom. The summed E-state index contributed by atoms with van der Waals surface area (Å²) in [5.74, 6) is 0.944. The highest BCUT2D eigenvalue weighted by molar-refractivity contribution is 5.31. The lowest BCUT2D eigenvalue weighted by Crippen LogP contribution is -2.26. The molecule has 0 amide bonds. The zero-order valence-corrected chi connectivity index (χ0v) is 10.5. The molecule has 2 nitrogen and oxygen atoms in total. The molecule has 0 spiro atoms. The highest BCUT2D eigenvalue weighted by Crippen LogP contribution is 2.30. The van der Waals surface area contributed by atoms with Gasteiger partial charge in [-0.25, -0.2) is 0 Å². The Hall–Kier alpha value is -1.33. The van der Waals surface area contributed by atoms with Crippen LogP contribution in [0.25, 0.3) is 0 Å². The molecule has 17 heavy (non-hydrogen) atoms. The van der Waals surface area contributed by atoms with Gasteiger partial charge in [0.15, 0.2) is 0 Å². The Kier molecular flexibility index (Phi) is 4.17. The summed E-state index contributed by atoms with van der Waals surface area (Å²) in [6, 6.07) is 10.1. The average molecular weight is 228 g/mol. The Bertz CT molecular complexity index is 384. The van der Waals surface area contributed by atoms with Gasteiger partial charge in [0.2, 0.25) is 0 Å². The highest BCUT2D eigenvalue weighted by atomic mass is 15.1.